The van der Waals surface area contributed by atoms with Crippen LogP contribution in [0.2, 0.25) is 0 Å². The van der Waals surface area contributed by atoms with Crippen molar-refractivity contribution < 1.29 is 19.1 Å². The van der Waals surface area contributed by atoms with Crippen LogP contribution in [0.4, 0.5) is 0 Å². The van der Waals surface area contributed by atoms with Gasteiger partial charge in [-0.2, -0.15) is 5.26 Å². The zero-order valence-electron chi connectivity index (χ0n) is 24.6. The molecule has 0 fully saturated rings. The van der Waals surface area contributed by atoms with Gasteiger partial charge in [-0.15, -0.1) is 0 Å². The van der Waals surface area contributed by atoms with Crippen LogP contribution in [-0.2, 0) is 26.7 Å². The number of hydrogen-bond acceptors (Lipinski definition) is 6. The molecule has 0 unspecified atom stereocenters. The van der Waals surface area contributed by atoms with E-state index in [4.69, 9.17) is 9.47 Å². The lowest BCUT2D eigenvalue weighted by molar-refractivity contribution is -0.160. The van der Waals surface area contributed by atoms with Gasteiger partial charge in [-0.3, -0.25) is 14.3 Å². The molecule has 0 radical (unpaired) electrons. The van der Waals surface area contributed by atoms with Crippen molar-refractivity contribution in [3.8, 4) is 23.0 Å². The first-order chi connectivity index (χ1) is 18.6. The molecule has 9 heteroatoms. The third-order valence-electron chi connectivity index (χ3n) is 6.30. The van der Waals surface area contributed by atoms with Crippen LogP contribution >= 0.6 is 0 Å². The minimum atomic E-state index is -0.614. The SMILES string of the molecule is CN(CCOCC(=O)OC(C)(C)C)C(=O)c1c(-c2ccc(C(C)(C)C)cc2)n(C)n(-c2ccc(C#N)cc2)c1=O. The first kappa shape index (κ1) is 30.4. The number of hydrogen-bond donors (Lipinski definition) is 0. The molecule has 0 N–H and O–H groups in total. The Balaban J connectivity index is 1.96. The Morgan fingerprint density at radius 3 is 2.10 bits per heavy atom. The summed E-state index contributed by atoms with van der Waals surface area (Å²) in [7, 11) is 3.32. The molecule has 2 aromatic carbocycles. The van der Waals surface area contributed by atoms with E-state index < -0.39 is 23.0 Å². The average molecular weight is 547 g/mol. The number of carbonyl (C=O) groups is 2. The van der Waals surface area contributed by atoms with E-state index in [1.807, 2.05) is 24.3 Å². The van der Waals surface area contributed by atoms with Crippen molar-refractivity contribution in [1.29, 1.82) is 5.26 Å². The number of esters is 1. The minimum absolute atomic E-state index is 0.0185. The van der Waals surface area contributed by atoms with Gasteiger partial charge in [-0.25, -0.2) is 9.48 Å². The molecule has 1 aromatic heterocycles. The number of rotatable bonds is 8. The van der Waals surface area contributed by atoms with E-state index >= 15 is 0 Å². The largest absolute Gasteiger partial charge is 0.458 e. The summed E-state index contributed by atoms with van der Waals surface area (Å²) in [5.74, 6) is -0.959. The molecule has 0 atom stereocenters. The van der Waals surface area contributed by atoms with Crippen LogP contribution in [0.25, 0.3) is 16.9 Å². The van der Waals surface area contributed by atoms with Gasteiger partial charge in [-0.05, 0) is 56.0 Å². The fraction of sp³-hybridized carbons (Fsp3) is 0.419. The molecule has 40 heavy (non-hydrogen) atoms. The van der Waals surface area contributed by atoms with Crippen LogP contribution in [0, 0.1) is 11.3 Å². The number of ether oxygens (including phenoxy) is 2. The molecule has 0 aliphatic carbocycles. The molecular weight excluding hydrogens is 508 g/mol. The molecule has 0 spiro atoms. The van der Waals surface area contributed by atoms with Gasteiger partial charge < -0.3 is 14.4 Å². The minimum Gasteiger partial charge on any atom is -0.458 e. The van der Waals surface area contributed by atoms with Crippen molar-refractivity contribution in [2.24, 2.45) is 7.05 Å². The summed E-state index contributed by atoms with van der Waals surface area (Å²) >= 11 is 0. The highest BCUT2D eigenvalue weighted by Crippen LogP contribution is 2.28. The Bertz CT molecular complexity index is 1460. The number of amides is 1. The van der Waals surface area contributed by atoms with Gasteiger partial charge in [-0.1, -0.05) is 45.0 Å². The summed E-state index contributed by atoms with van der Waals surface area (Å²) in [6.45, 7) is 11.7. The summed E-state index contributed by atoms with van der Waals surface area (Å²) in [6, 6.07) is 16.5. The second-order valence-corrected chi connectivity index (χ2v) is 11.7. The van der Waals surface area contributed by atoms with Gasteiger partial charge >= 0.3 is 5.97 Å². The summed E-state index contributed by atoms with van der Waals surface area (Å²) < 4.78 is 13.7. The number of nitrogens with zero attached hydrogens (tertiary/aromatic N) is 4. The van der Waals surface area contributed by atoms with E-state index in [-0.39, 0.29) is 30.7 Å². The van der Waals surface area contributed by atoms with Gasteiger partial charge in [0.05, 0.1) is 29.6 Å². The van der Waals surface area contributed by atoms with E-state index in [2.05, 4.69) is 26.8 Å². The van der Waals surface area contributed by atoms with E-state index in [1.54, 1.807) is 63.8 Å². The second kappa shape index (κ2) is 11.9. The monoisotopic (exact) mass is 546 g/mol. The molecule has 1 amide bonds. The second-order valence-electron chi connectivity index (χ2n) is 11.7. The number of benzene rings is 2. The van der Waals surface area contributed by atoms with Crippen molar-refractivity contribution in [3.63, 3.8) is 0 Å². The van der Waals surface area contributed by atoms with E-state index in [0.717, 1.165) is 11.1 Å². The quantitative estimate of drug-likeness (QED) is 0.305. The molecule has 212 valence electrons. The smallest absolute Gasteiger partial charge is 0.332 e. The zero-order valence-corrected chi connectivity index (χ0v) is 24.6. The van der Waals surface area contributed by atoms with Gasteiger partial charge in [0.25, 0.3) is 11.5 Å². The normalized spacial score (nSPS) is 11.7. The molecule has 0 saturated carbocycles. The first-order valence-corrected chi connectivity index (χ1v) is 13.1. The maximum absolute atomic E-state index is 13.8. The number of carbonyl (C=O) groups excluding carboxylic acids is 2. The van der Waals surface area contributed by atoms with Crippen molar-refractivity contribution in [2.75, 3.05) is 26.8 Å². The lowest BCUT2D eigenvalue weighted by atomic mass is 9.86. The predicted molar refractivity (Wildman–Crippen MR) is 153 cm³/mol. The van der Waals surface area contributed by atoms with Crippen LogP contribution in [0.3, 0.4) is 0 Å². The molecule has 1 heterocycles. The highest BCUT2D eigenvalue weighted by atomic mass is 16.6. The average Bonchev–Trinajstić information content (AvgIpc) is 3.14. The van der Waals surface area contributed by atoms with Crippen LogP contribution < -0.4 is 5.56 Å². The van der Waals surface area contributed by atoms with Crippen molar-refractivity contribution in [3.05, 3.63) is 75.6 Å². The third-order valence-corrected chi connectivity index (χ3v) is 6.30. The maximum Gasteiger partial charge on any atom is 0.332 e. The maximum atomic E-state index is 13.8. The number of aromatic nitrogens is 2. The Hall–Kier alpha value is -4.16. The standard InChI is InChI=1S/C31H38N4O5/c1-30(2,3)23-13-11-22(12-14-23)27-26(28(37)33(7)17-18-39-20-25(36)40-31(4,5)6)29(38)35(34(27)8)24-15-9-21(19-32)10-16-24/h9-16H,17-18,20H2,1-8H3. The molecule has 3 aromatic rings. The zero-order chi connectivity index (χ0) is 29.8. The highest BCUT2D eigenvalue weighted by Gasteiger charge is 2.28. The van der Waals surface area contributed by atoms with Crippen LogP contribution in [0.5, 0.6) is 0 Å². The highest BCUT2D eigenvalue weighted by molar-refractivity contribution is 6.00. The number of likely N-dealkylation sites (N-methyl/N-ethyl adjacent to an activating group) is 1. The van der Waals surface area contributed by atoms with Crippen molar-refractivity contribution >= 4 is 11.9 Å². The van der Waals surface area contributed by atoms with Crippen LogP contribution in [-0.4, -0.2) is 58.5 Å². The summed E-state index contributed by atoms with van der Waals surface area (Å²) in [4.78, 5) is 40.8. The van der Waals surface area contributed by atoms with Gasteiger partial charge in [0.2, 0.25) is 0 Å². The molecule has 0 bridgehead atoms. The Kier molecular flexibility index (Phi) is 9.06. The van der Waals surface area contributed by atoms with Gasteiger partial charge in [0.15, 0.2) is 0 Å². The Labute approximate surface area is 235 Å². The first-order valence-electron chi connectivity index (χ1n) is 13.1. The van der Waals surface area contributed by atoms with Gasteiger partial charge in [0, 0.05) is 26.2 Å². The predicted octanol–water partition coefficient (Wildman–Crippen LogP) is 4.44. The van der Waals surface area contributed by atoms with E-state index in [0.29, 0.717) is 16.9 Å². The Morgan fingerprint density at radius 1 is 0.975 bits per heavy atom. The van der Waals surface area contributed by atoms with Crippen LogP contribution in [0.15, 0.2) is 53.3 Å². The molecular formula is C31H38N4O5. The van der Waals surface area contributed by atoms with E-state index in [9.17, 15) is 19.6 Å². The van der Waals surface area contributed by atoms with Crippen molar-refractivity contribution in [2.45, 2.75) is 52.6 Å². The van der Waals surface area contributed by atoms with Crippen molar-refractivity contribution in [1.82, 2.24) is 14.3 Å². The lowest BCUT2D eigenvalue weighted by Gasteiger charge is -2.20. The summed E-state index contributed by atoms with van der Waals surface area (Å²) in [5, 5.41) is 9.18. The summed E-state index contributed by atoms with van der Waals surface area (Å²) in [5.41, 5.74) is 2.18. The molecule has 0 saturated heterocycles. The fourth-order valence-electron chi connectivity index (χ4n) is 4.25. The van der Waals surface area contributed by atoms with Gasteiger partial charge in [0.1, 0.15) is 17.8 Å². The Morgan fingerprint density at radius 2 is 1.57 bits per heavy atom. The topological polar surface area (TPSA) is 107 Å². The summed E-state index contributed by atoms with van der Waals surface area (Å²) in [6.07, 6.45) is 0. The molecule has 9 nitrogen and oxygen atoms in total. The van der Waals surface area contributed by atoms with Crippen LogP contribution in [0.1, 0.15) is 63.0 Å². The third kappa shape index (κ3) is 7.07. The molecule has 0 aliphatic rings. The van der Waals surface area contributed by atoms with E-state index in [1.165, 1.54) is 9.58 Å². The molecule has 3 rings (SSSR count). The molecule has 0 aliphatic heterocycles. The lowest BCUT2D eigenvalue weighted by Crippen LogP contribution is -2.34. The fourth-order valence-corrected chi connectivity index (χ4v) is 4.25. The number of nitriles is 1.